The fourth-order valence-electron chi connectivity index (χ4n) is 1.76. The van der Waals surface area contributed by atoms with Gasteiger partial charge in [-0.05, 0) is 37.0 Å². The van der Waals surface area contributed by atoms with Gasteiger partial charge in [0.15, 0.2) is 0 Å². The first-order valence-electron chi connectivity index (χ1n) is 6.32. The quantitative estimate of drug-likeness (QED) is 0.777. The Labute approximate surface area is 108 Å². The number of urea groups is 1. The van der Waals surface area contributed by atoms with Crippen LogP contribution < -0.4 is 10.6 Å². The van der Waals surface area contributed by atoms with Gasteiger partial charge in [0.1, 0.15) is 5.82 Å². The SMILES string of the molecule is CCCCNC(=O)NCc1cc(C)c(F)c(C)c1. The number of unbranched alkanes of at least 4 members (excludes halogenated alkanes) is 1. The lowest BCUT2D eigenvalue weighted by atomic mass is 10.1. The van der Waals surface area contributed by atoms with E-state index in [-0.39, 0.29) is 11.8 Å². The predicted molar refractivity (Wildman–Crippen MR) is 71.0 cm³/mol. The Balaban J connectivity index is 2.46. The molecule has 100 valence electrons. The largest absolute Gasteiger partial charge is 0.338 e. The minimum Gasteiger partial charge on any atom is -0.338 e. The molecule has 0 unspecified atom stereocenters. The third-order valence-corrected chi connectivity index (χ3v) is 2.77. The first-order valence-corrected chi connectivity index (χ1v) is 6.32. The molecule has 0 aliphatic rings. The molecular weight excluding hydrogens is 231 g/mol. The maximum atomic E-state index is 13.4. The third-order valence-electron chi connectivity index (χ3n) is 2.77. The Hall–Kier alpha value is -1.58. The molecular formula is C14H21FN2O. The summed E-state index contributed by atoms with van der Waals surface area (Å²) in [7, 11) is 0. The number of hydrogen-bond acceptors (Lipinski definition) is 1. The van der Waals surface area contributed by atoms with Crippen molar-refractivity contribution in [3.8, 4) is 0 Å². The Morgan fingerprint density at radius 1 is 1.22 bits per heavy atom. The van der Waals surface area contributed by atoms with E-state index >= 15 is 0 Å². The lowest BCUT2D eigenvalue weighted by molar-refractivity contribution is 0.240. The fourth-order valence-corrected chi connectivity index (χ4v) is 1.76. The molecule has 1 rings (SSSR count). The Kier molecular flexibility index (Phi) is 5.62. The van der Waals surface area contributed by atoms with Crippen LogP contribution in [0.5, 0.6) is 0 Å². The van der Waals surface area contributed by atoms with Crippen molar-refractivity contribution in [2.75, 3.05) is 6.54 Å². The van der Waals surface area contributed by atoms with Crippen LogP contribution >= 0.6 is 0 Å². The molecule has 0 spiro atoms. The summed E-state index contributed by atoms with van der Waals surface area (Å²) in [5.74, 6) is -0.175. The molecule has 0 saturated carbocycles. The molecule has 0 fully saturated rings. The van der Waals surface area contributed by atoms with E-state index in [4.69, 9.17) is 0 Å². The molecule has 2 amide bonds. The van der Waals surface area contributed by atoms with Gasteiger partial charge in [0, 0.05) is 13.1 Å². The normalized spacial score (nSPS) is 10.2. The predicted octanol–water partition coefficient (Wildman–Crippen LogP) is 3.04. The smallest absolute Gasteiger partial charge is 0.315 e. The standard InChI is InChI=1S/C14H21FN2O/c1-4-5-6-16-14(18)17-9-12-7-10(2)13(15)11(3)8-12/h7-8H,4-6,9H2,1-3H3,(H2,16,17,18). The van der Waals surface area contributed by atoms with Crippen LogP contribution in [0.4, 0.5) is 9.18 Å². The molecule has 3 nitrogen and oxygen atoms in total. The number of aryl methyl sites for hydroxylation is 2. The van der Waals surface area contributed by atoms with Gasteiger partial charge in [0.2, 0.25) is 0 Å². The Morgan fingerprint density at radius 2 is 1.83 bits per heavy atom. The molecule has 0 aromatic heterocycles. The summed E-state index contributed by atoms with van der Waals surface area (Å²) in [4.78, 5) is 11.4. The Morgan fingerprint density at radius 3 is 2.39 bits per heavy atom. The summed E-state index contributed by atoms with van der Waals surface area (Å²) in [5.41, 5.74) is 2.13. The van der Waals surface area contributed by atoms with Crippen LogP contribution in [-0.4, -0.2) is 12.6 Å². The summed E-state index contributed by atoms with van der Waals surface area (Å²) in [6.07, 6.45) is 2.03. The van der Waals surface area contributed by atoms with E-state index in [0.29, 0.717) is 24.2 Å². The van der Waals surface area contributed by atoms with Gasteiger partial charge < -0.3 is 10.6 Å². The molecule has 4 heteroatoms. The van der Waals surface area contributed by atoms with Crippen molar-refractivity contribution < 1.29 is 9.18 Å². The molecule has 1 aromatic rings. The van der Waals surface area contributed by atoms with E-state index in [2.05, 4.69) is 17.6 Å². The number of carbonyl (C=O) groups excluding carboxylic acids is 1. The van der Waals surface area contributed by atoms with Gasteiger partial charge in [-0.15, -0.1) is 0 Å². The van der Waals surface area contributed by atoms with Crippen LogP contribution in [0, 0.1) is 19.7 Å². The number of carbonyl (C=O) groups is 1. The number of benzene rings is 1. The minimum absolute atomic E-state index is 0.175. The molecule has 0 saturated heterocycles. The average molecular weight is 252 g/mol. The molecule has 1 aromatic carbocycles. The molecule has 0 aliphatic heterocycles. The van der Waals surface area contributed by atoms with Crippen molar-refractivity contribution in [1.82, 2.24) is 10.6 Å². The van der Waals surface area contributed by atoms with E-state index in [1.54, 1.807) is 26.0 Å². The first kappa shape index (κ1) is 14.5. The summed E-state index contributed by atoms with van der Waals surface area (Å²) in [6, 6.07) is 3.34. The van der Waals surface area contributed by atoms with Crippen molar-refractivity contribution in [2.45, 2.75) is 40.2 Å². The second-order valence-corrected chi connectivity index (χ2v) is 4.51. The number of hydrogen-bond donors (Lipinski definition) is 2. The van der Waals surface area contributed by atoms with E-state index in [0.717, 1.165) is 18.4 Å². The van der Waals surface area contributed by atoms with Gasteiger partial charge in [-0.25, -0.2) is 9.18 Å². The zero-order valence-corrected chi connectivity index (χ0v) is 11.3. The average Bonchev–Trinajstić information content (AvgIpc) is 2.33. The summed E-state index contributed by atoms with van der Waals surface area (Å²) in [6.45, 7) is 6.63. The van der Waals surface area contributed by atoms with Gasteiger partial charge in [0.25, 0.3) is 0 Å². The minimum atomic E-state index is -0.178. The van der Waals surface area contributed by atoms with Gasteiger partial charge in [-0.2, -0.15) is 0 Å². The lowest BCUT2D eigenvalue weighted by Crippen LogP contribution is -2.35. The highest BCUT2D eigenvalue weighted by molar-refractivity contribution is 5.73. The van der Waals surface area contributed by atoms with Crippen molar-refractivity contribution in [3.05, 3.63) is 34.6 Å². The highest BCUT2D eigenvalue weighted by Crippen LogP contribution is 2.14. The highest BCUT2D eigenvalue weighted by Gasteiger charge is 2.05. The number of halogens is 1. The number of nitrogens with one attached hydrogen (secondary N) is 2. The Bertz CT molecular complexity index is 395. The van der Waals surface area contributed by atoms with Gasteiger partial charge in [0.05, 0.1) is 0 Å². The van der Waals surface area contributed by atoms with Crippen LogP contribution in [0.2, 0.25) is 0 Å². The molecule has 18 heavy (non-hydrogen) atoms. The number of rotatable bonds is 5. The second-order valence-electron chi connectivity index (χ2n) is 4.51. The van der Waals surface area contributed by atoms with E-state index in [9.17, 15) is 9.18 Å². The maximum absolute atomic E-state index is 13.4. The molecule has 0 aliphatic carbocycles. The summed E-state index contributed by atoms with van der Waals surface area (Å²) < 4.78 is 13.4. The maximum Gasteiger partial charge on any atom is 0.315 e. The number of amides is 2. The van der Waals surface area contributed by atoms with Gasteiger partial charge >= 0.3 is 6.03 Å². The second kappa shape index (κ2) is 6.99. The zero-order chi connectivity index (χ0) is 13.5. The molecule has 0 bridgehead atoms. The van der Waals surface area contributed by atoms with Gasteiger partial charge in [-0.3, -0.25) is 0 Å². The molecule has 0 radical (unpaired) electrons. The van der Waals surface area contributed by atoms with Gasteiger partial charge in [-0.1, -0.05) is 25.5 Å². The van der Waals surface area contributed by atoms with Crippen LogP contribution in [0.3, 0.4) is 0 Å². The van der Waals surface area contributed by atoms with Crippen LogP contribution in [0.1, 0.15) is 36.5 Å². The van der Waals surface area contributed by atoms with Crippen molar-refractivity contribution in [3.63, 3.8) is 0 Å². The topological polar surface area (TPSA) is 41.1 Å². The zero-order valence-electron chi connectivity index (χ0n) is 11.3. The van der Waals surface area contributed by atoms with Crippen molar-refractivity contribution in [2.24, 2.45) is 0 Å². The van der Waals surface area contributed by atoms with Crippen LogP contribution in [0.25, 0.3) is 0 Å². The first-order chi connectivity index (χ1) is 8.54. The molecule has 2 N–H and O–H groups in total. The van der Waals surface area contributed by atoms with Crippen LogP contribution in [-0.2, 0) is 6.54 Å². The lowest BCUT2D eigenvalue weighted by Gasteiger charge is -2.09. The van der Waals surface area contributed by atoms with Crippen molar-refractivity contribution >= 4 is 6.03 Å². The third kappa shape index (κ3) is 4.35. The highest BCUT2D eigenvalue weighted by atomic mass is 19.1. The summed E-state index contributed by atoms with van der Waals surface area (Å²) in [5, 5.41) is 5.53. The van der Waals surface area contributed by atoms with E-state index < -0.39 is 0 Å². The monoisotopic (exact) mass is 252 g/mol. The molecule has 0 atom stereocenters. The van der Waals surface area contributed by atoms with E-state index in [1.807, 2.05) is 0 Å². The molecule has 0 heterocycles. The fraction of sp³-hybridized carbons (Fsp3) is 0.500. The van der Waals surface area contributed by atoms with Crippen molar-refractivity contribution in [1.29, 1.82) is 0 Å². The van der Waals surface area contributed by atoms with Crippen LogP contribution in [0.15, 0.2) is 12.1 Å². The van der Waals surface area contributed by atoms with E-state index in [1.165, 1.54) is 0 Å². The summed E-state index contributed by atoms with van der Waals surface area (Å²) >= 11 is 0.